The number of aromatic nitrogens is 4. The Labute approximate surface area is 199 Å². The maximum atomic E-state index is 6.44. The van der Waals surface area contributed by atoms with Crippen LogP contribution in [0.15, 0.2) is 60.0 Å². The Bertz CT molecular complexity index is 1280. The van der Waals surface area contributed by atoms with E-state index in [1.54, 1.807) is 24.2 Å². The fraction of sp³-hybridized carbons (Fsp3) is 0.174. The topological polar surface area (TPSA) is 62.1 Å². The van der Waals surface area contributed by atoms with Crippen LogP contribution in [0, 0.1) is 6.92 Å². The van der Waals surface area contributed by atoms with Gasteiger partial charge in [0.15, 0.2) is 17.8 Å². The summed E-state index contributed by atoms with van der Waals surface area (Å²) in [5, 5.41) is 11.1. The first-order valence-corrected chi connectivity index (χ1v) is 11.6. The number of fused-ring (bicyclic) bond motifs is 1. The monoisotopic (exact) mass is 484 g/mol. The van der Waals surface area contributed by atoms with Crippen molar-refractivity contribution in [2.24, 2.45) is 0 Å². The highest BCUT2D eigenvalue weighted by Gasteiger charge is 2.21. The molecule has 0 radical (unpaired) electrons. The van der Waals surface area contributed by atoms with E-state index < -0.39 is 0 Å². The van der Waals surface area contributed by atoms with E-state index >= 15 is 0 Å². The predicted molar refractivity (Wildman–Crippen MR) is 126 cm³/mol. The zero-order valence-electron chi connectivity index (χ0n) is 17.1. The molecule has 0 spiro atoms. The van der Waals surface area contributed by atoms with Gasteiger partial charge in [-0.2, -0.15) is 0 Å². The molecule has 9 heteroatoms. The number of thioether (sulfide) groups is 1. The van der Waals surface area contributed by atoms with Crippen LogP contribution in [0.2, 0.25) is 10.0 Å². The molecule has 2 aromatic carbocycles. The van der Waals surface area contributed by atoms with Crippen molar-refractivity contribution in [2.45, 2.75) is 24.4 Å². The number of benzene rings is 2. The van der Waals surface area contributed by atoms with Crippen LogP contribution in [0.1, 0.15) is 16.7 Å². The molecular formula is C23H18Cl2N4O2S. The second kappa shape index (κ2) is 9.11. The molecule has 0 unspecified atom stereocenters. The van der Waals surface area contributed by atoms with E-state index in [2.05, 4.69) is 15.2 Å². The fourth-order valence-electron chi connectivity index (χ4n) is 3.61. The summed E-state index contributed by atoms with van der Waals surface area (Å²) < 4.78 is 13.2. The van der Waals surface area contributed by atoms with E-state index in [1.807, 2.05) is 54.0 Å². The van der Waals surface area contributed by atoms with Crippen molar-refractivity contribution in [3.63, 3.8) is 0 Å². The molecular weight excluding hydrogens is 467 g/mol. The Morgan fingerprint density at radius 1 is 1.09 bits per heavy atom. The normalized spacial score (nSPS) is 13.0. The van der Waals surface area contributed by atoms with Crippen molar-refractivity contribution in [3.8, 4) is 22.8 Å². The summed E-state index contributed by atoms with van der Waals surface area (Å²) in [5.41, 5.74) is 4.73. The maximum Gasteiger partial charge on any atom is 0.196 e. The molecule has 1 aliphatic rings. The minimum atomic E-state index is 0.233. The second-order valence-corrected chi connectivity index (χ2v) is 9.00. The number of nitrogens with zero attached hydrogens (tertiary/aromatic N) is 4. The minimum absolute atomic E-state index is 0.233. The molecule has 32 heavy (non-hydrogen) atoms. The number of halogens is 2. The maximum absolute atomic E-state index is 6.44. The lowest BCUT2D eigenvalue weighted by Gasteiger charge is -2.21. The van der Waals surface area contributed by atoms with Crippen molar-refractivity contribution < 1.29 is 9.47 Å². The highest BCUT2D eigenvalue weighted by atomic mass is 35.5. The first-order chi connectivity index (χ1) is 15.6. The van der Waals surface area contributed by atoms with Gasteiger partial charge in [0.05, 0.1) is 12.3 Å². The van der Waals surface area contributed by atoms with Crippen molar-refractivity contribution in [3.05, 3.63) is 81.6 Å². The third kappa shape index (κ3) is 4.09. The largest absolute Gasteiger partial charge is 0.467 e. The molecule has 0 amide bonds. The van der Waals surface area contributed by atoms with Crippen LogP contribution in [0.3, 0.4) is 0 Å². The lowest BCUT2D eigenvalue weighted by Crippen LogP contribution is -2.13. The van der Waals surface area contributed by atoms with Gasteiger partial charge in [-0.25, -0.2) is 0 Å². The highest BCUT2D eigenvalue weighted by molar-refractivity contribution is 7.98. The molecule has 6 nitrogen and oxygen atoms in total. The van der Waals surface area contributed by atoms with Crippen LogP contribution in [-0.2, 0) is 17.1 Å². The van der Waals surface area contributed by atoms with Crippen molar-refractivity contribution in [2.75, 3.05) is 6.79 Å². The zero-order chi connectivity index (χ0) is 22.1. The Morgan fingerprint density at radius 2 is 1.94 bits per heavy atom. The van der Waals surface area contributed by atoms with E-state index in [9.17, 15) is 0 Å². The van der Waals surface area contributed by atoms with Gasteiger partial charge in [0.1, 0.15) is 5.75 Å². The van der Waals surface area contributed by atoms with E-state index in [-0.39, 0.29) is 6.79 Å². The standard InChI is InChI=1S/C23H18Cl2N4O2S/c1-14-19(25)3-2-4-20(14)29-22(15-5-7-26-8-6-15)27-28-23(29)32-12-17-10-18(24)9-16-11-30-13-31-21(16)17/h2-10H,11-13H2,1H3. The van der Waals surface area contributed by atoms with Gasteiger partial charge in [0.25, 0.3) is 0 Å². The molecule has 162 valence electrons. The van der Waals surface area contributed by atoms with E-state index in [0.717, 1.165) is 44.7 Å². The highest BCUT2D eigenvalue weighted by Crippen LogP contribution is 2.37. The van der Waals surface area contributed by atoms with Crippen molar-refractivity contribution in [1.82, 2.24) is 19.7 Å². The third-order valence-corrected chi connectivity index (χ3v) is 6.77. The fourth-order valence-corrected chi connectivity index (χ4v) is 4.96. The average Bonchev–Trinajstić information content (AvgIpc) is 3.23. The lowest BCUT2D eigenvalue weighted by molar-refractivity contribution is -0.0168. The van der Waals surface area contributed by atoms with Gasteiger partial charge < -0.3 is 9.47 Å². The number of pyridine rings is 1. The molecule has 0 saturated heterocycles. The van der Waals surface area contributed by atoms with Crippen LogP contribution in [0.5, 0.6) is 5.75 Å². The molecule has 0 atom stereocenters. The van der Waals surface area contributed by atoms with Crippen LogP contribution < -0.4 is 4.74 Å². The molecule has 1 aliphatic heterocycles. The SMILES string of the molecule is Cc1c(Cl)cccc1-n1c(SCc2cc(Cl)cc3c2OCOC3)nnc1-c1ccncc1. The van der Waals surface area contributed by atoms with Gasteiger partial charge in [-0.05, 0) is 48.9 Å². The molecule has 0 bridgehead atoms. The molecule has 0 saturated carbocycles. The number of hydrogen-bond donors (Lipinski definition) is 0. The molecule has 2 aromatic heterocycles. The van der Waals surface area contributed by atoms with Gasteiger partial charge in [0.2, 0.25) is 0 Å². The molecule has 4 aromatic rings. The summed E-state index contributed by atoms with van der Waals surface area (Å²) >= 11 is 14.3. The third-order valence-electron chi connectivity index (χ3n) is 5.16. The quantitative estimate of drug-likeness (QED) is 0.318. The van der Waals surface area contributed by atoms with Crippen LogP contribution in [0.4, 0.5) is 0 Å². The Morgan fingerprint density at radius 3 is 2.78 bits per heavy atom. The summed E-state index contributed by atoms with van der Waals surface area (Å²) in [7, 11) is 0. The second-order valence-electron chi connectivity index (χ2n) is 7.21. The van der Waals surface area contributed by atoms with E-state index in [0.29, 0.717) is 22.4 Å². The predicted octanol–water partition coefficient (Wildman–Crippen LogP) is 6.10. The molecule has 0 fully saturated rings. The van der Waals surface area contributed by atoms with Crippen LogP contribution in [0.25, 0.3) is 17.1 Å². The summed E-state index contributed by atoms with van der Waals surface area (Å²) in [6.07, 6.45) is 3.48. The minimum Gasteiger partial charge on any atom is -0.467 e. The van der Waals surface area contributed by atoms with Crippen LogP contribution >= 0.6 is 35.0 Å². The first-order valence-electron chi connectivity index (χ1n) is 9.88. The summed E-state index contributed by atoms with van der Waals surface area (Å²) in [4.78, 5) is 4.12. The van der Waals surface area contributed by atoms with Crippen molar-refractivity contribution >= 4 is 35.0 Å². The van der Waals surface area contributed by atoms with Gasteiger partial charge in [0, 0.05) is 44.9 Å². The first kappa shape index (κ1) is 21.3. The van der Waals surface area contributed by atoms with Gasteiger partial charge in [-0.1, -0.05) is 41.0 Å². The Hall–Kier alpha value is -2.58. The van der Waals surface area contributed by atoms with Crippen molar-refractivity contribution in [1.29, 1.82) is 0 Å². The molecule has 5 rings (SSSR count). The van der Waals surface area contributed by atoms with Crippen LogP contribution in [-0.4, -0.2) is 26.5 Å². The Balaban J connectivity index is 1.56. The van der Waals surface area contributed by atoms with Gasteiger partial charge >= 0.3 is 0 Å². The van der Waals surface area contributed by atoms with Gasteiger partial charge in [-0.15, -0.1) is 10.2 Å². The van der Waals surface area contributed by atoms with E-state index in [4.69, 9.17) is 32.7 Å². The summed E-state index contributed by atoms with van der Waals surface area (Å²) in [6.45, 7) is 2.71. The van der Waals surface area contributed by atoms with E-state index in [1.165, 1.54) is 0 Å². The number of hydrogen-bond acceptors (Lipinski definition) is 6. The summed E-state index contributed by atoms with van der Waals surface area (Å²) in [6, 6.07) is 13.4. The number of ether oxygens (including phenoxy) is 2. The Kier molecular flexibility index (Phi) is 6.06. The van der Waals surface area contributed by atoms with Gasteiger partial charge in [-0.3, -0.25) is 9.55 Å². The number of rotatable bonds is 5. The lowest BCUT2D eigenvalue weighted by atomic mass is 10.1. The molecule has 0 N–H and O–H groups in total. The average molecular weight is 485 g/mol. The zero-order valence-corrected chi connectivity index (χ0v) is 19.4. The molecule has 0 aliphatic carbocycles. The molecule has 3 heterocycles. The summed E-state index contributed by atoms with van der Waals surface area (Å²) in [5.74, 6) is 2.15. The smallest absolute Gasteiger partial charge is 0.196 e.